The van der Waals surface area contributed by atoms with Gasteiger partial charge in [0.25, 0.3) is 0 Å². The Morgan fingerprint density at radius 3 is 1.06 bits per heavy atom. The molecule has 7 heteroatoms. The molecule has 0 amide bonds. The first kappa shape index (κ1) is 32.4. The fraction of sp³-hybridized carbons (Fsp3) is 0.960. The lowest BCUT2D eigenvalue weighted by Crippen LogP contribution is -2.17. The molecule has 0 aromatic heterocycles. The molecule has 192 valence electrons. The maximum absolute atomic E-state index is 10.8. The van der Waals surface area contributed by atoms with Gasteiger partial charge in [-0.2, -0.15) is 0 Å². The van der Waals surface area contributed by atoms with Gasteiger partial charge in [0.1, 0.15) is 4.32 Å². The summed E-state index contributed by atoms with van der Waals surface area (Å²) in [6.45, 7) is 0.968. The van der Waals surface area contributed by atoms with E-state index in [2.05, 4.69) is 17.9 Å². The van der Waals surface area contributed by atoms with E-state index in [9.17, 15) is 4.57 Å². The maximum atomic E-state index is 10.8. The Morgan fingerprint density at radius 1 is 0.562 bits per heavy atom. The van der Waals surface area contributed by atoms with Gasteiger partial charge in [-0.25, -0.2) is 0 Å². The van der Waals surface area contributed by atoms with Gasteiger partial charge in [-0.05, 0) is 12.8 Å². The molecule has 0 aromatic rings. The van der Waals surface area contributed by atoms with Crippen LogP contribution in [0.25, 0.3) is 0 Å². The molecule has 0 fully saturated rings. The Hall–Kier alpha value is 0.390. The third-order valence-electron chi connectivity index (χ3n) is 6.15. The molecule has 0 spiro atoms. The Balaban J connectivity index is 3.05. The van der Waals surface area contributed by atoms with Crippen molar-refractivity contribution in [1.29, 1.82) is 0 Å². The van der Waals surface area contributed by atoms with Gasteiger partial charge in [-0.3, -0.25) is 4.57 Å². The summed E-state index contributed by atoms with van der Waals surface area (Å²) in [5.74, 6) is 0. The van der Waals surface area contributed by atoms with Gasteiger partial charge in [0, 0.05) is 12.7 Å². The molecule has 0 aliphatic carbocycles. The minimum absolute atomic E-state index is 0.0553. The molecule has 0 radical (unpaired) electrons. The molecule has 0 aliphatic heterocycles. The van der Waals surface area contributed by atoms with Crippen LogP contribution in [0.1, 0.15) is 141 Å². The Kier molecular flexibility index (Phi) is 24.8. The van der Waals surface area contributed by atoms with Crippen LogP contribution in [0.15, 0.2) is 0 Å². The van der Waals surface area contributed by atoms with E-state index in [0.717, 1.165) is 19.4 Å². The monoisotopic (exact) mass is 509 g/mol. The highest BCUT2D eigenvalue weighted by molar-refractivity contribution is 8.11. The zero-order chi connectivity index (χ0) is 23.8. The standard InChI is InChI=1S/C25H52NO3PS2/c27-30(28,29)24-22-20-18-16-14-12-10-8-6-4-2-1-3-5-7-9-11-13-15-17-19-21-23-26-25(31)32/h1-24H2,(H2,26,31,32)(H2,27,28,29). The summed E-state index contributed by atoms with van der Waals surface area (Å²) >= 11 is 8.94. The predicted octanol–water partition coefficient (Wildman–Crippen LogP) is 8.55. The van der Waals surface area contributed by atoms with Crippen LogP contribution in [-0.4, -0.2) is 26.8 Å². The van der Waals surface area contributed by atoms with Crippen molar-refractivity contribution in [2.45, 2.75) is 141 Å². The second-order valence-electron chi connectivity index (χ2n) is 9.40. The zero-order valence-electron chi connectivity index (χ0n) is 20.6. The molecule has 0 saturated heterocycles. The Morgan fingerprint density at radius 2 is 0.812 bits per heavy atom. The quantitative estimate of drug-likeness (QED) is 0.0429. The van der Waals surface area contributed by atoms with E-state index in [1.54, 1.807) is 0 Å². The zero-order valence-corrected chi connectivity index (χ0v) is 23.2. The van der Waals surface area contributed by atoms with Gasteiger partial charge >= 0.3 is 7.60 Å². The third-order valence-corrected chi connectivity index (χ3v) is 7.35. The Bertz CT molecular complexity index is 460. The van der Waals surface area contributed by atoms with Crippen LogP contribution in [0.5, 0.6) is 0 Å². The summed E-state index contributed by atoms with van der Waals surface area (Å²) in [7, 11) is -3.77. The predicted molar refractivity (Wildman–Crippen MR) is 148 cm³/mol. The molecular weight excluding hydrogens is 457 g/mol. The molecular formula is C25H52NO3PS2. The topological polar surface area (TPSA) is 69.6 Å². The van der Waals surface area contributed by atoms with Crippen LogP contribution in [0, 0.1) is 0 Å². The fourth-order valence-electron chi connectivity index (χ4n) is 4.17. The van der Waals surface area contributed by atoms with Crippen molar-refractivity contribution in [3.63, 3.8) is 0 Å². The number of hydrogen-bond donors (Lipinski definition) is 4. The van der Waals surface area contributed by atoms with E-state index in [4.69, 9.17) is 22.0 Å². The minimum Gasteiger partial charge on any atom is -0.371 e. The third kappa shape index (κ3) is 30.4. The summed E-state index contributed by atoms with van der Waals surface area (Å²) in [6.07, 6.45) is 28.6. The number of hydrogen-bond acceptors (Lipinski definition) is 2. The second kappa shape index (κ2) is 24.5. The normalized spacial score (nSPS) is 11.7. The van der Waals surface area contributed by atoms with E-state index in [0.29, 0.717) is 10.7 Å². The SMILES string of the molecule is O=P(O)(O)CCCCCCCCCCCCCCCCCCCCCCCCNC(=S)S. The maximum Gasteiger partial charge on any atom is 0.325 e. The van der Waals surface area contributed by atoms with E-state index in [1.807, 2.05) is 0 Å². The number of unbranched alkanes of at least 4 members (excludes halogenated alkanes) is 21. The highest BCUT2D eigenvalue weighted by Gasteiger charge is 2.10. The molecule has 0 aliphatic rings. The minimum atomic E-state index is -3.77. The van der Waals surface area contributed by atoms with Crippen molar-refractivity contribution in [3.8, 4) is 0 Å². The van der Waals surface area contributed by atoms with Crippen molar-refractivity contribution >= 4 is 36.8 Å². The molecule has 0 saturated carbocycles. The summed E-state index contributed by atoms with van der Waals surface area (Å²) in [5.41, 5.74) is 0. The summed E-state index contributed by atoms with van der Waals surface area (Å²) in [5, 5.41) is 3.09. The van der Waals surface area contributed by atoms with E-state index in [-0.39, 0.29) is 6.16 Å². The lowest BCUT2D eigenvalue weighted by molar-refractivity contribution is 0.370. The molecule has 4 nitrogen and oxygen atoms in total. The lowest BCUT2D eigenvalue weighted by atomic mass is 10.0. The van der Waals surface area contributed by atoms with Crippen molar-refractivity contribution in [3.05, 3.63) is 0 Å². The molecule has 32 heavy (non-hydrogen) atoms. The van der Waals surface area contributed by atoms with Gasteiger partial charge in [0.15, 0.2) is 0 Å². The van der Waals surface area contributed by atoms with E-state index in [1.165, 1.54) is 122 Å². The van der Waals surface area contributed by atoms with Crippen molar-refractivity contribution in [2.24, 2.45) is 0 Å². The highest BCUT2D eigenvalue weighted by atomic mass is 32.1. The van der Waals surface area contributed by atoms with E-state index < -0.39 is 7.60 Å². The average molecular weight is 510 g/mol. The number of thiol groups is 1. The highest BCUT2D eigenvalue weighted by Crippen LogP contribution is 2.35. The largest absolute Gasteiger partial charge is 0.371 e. The van der Waals surface area contributed by atoms with Crippen LogP contribution in [0.4, 0.5) is 0 Å². The van der Waals surface area contributed by atoms with Crippen molar-refractivity contribution < 1.29 is 14.4 Å². The summed E-state index contributed by atoms with van der Waals surface area (Å²) < 4.78 is 11.4. The van der Waals surface area contributed by atoms with Gasteiger partial charge in [0.2, 0.25) is 0 Å². The van der Waals surface area contributed by atoms with E-state index >= 15 is 0 Å². The molecule has 3 N–H and O–H groups in total. The molecule has 0 rings (SSSR count). The first-order chi connectivity index (χ1) is 15.4. The molecule has 0 aromatic carbocycles. The second-order valence-corrected chi connectivity index (χ2v) is 12.3. The first-order valence-corrected chi connectivity index (χ1v) is 16.1. The lowest BCUT2D eigenvalue weighted by Gasteiger charge is -2.05. The number of rotatable bonds is 25. The Labute approximate surface area is 210 Å². The van der Waals surface area contributed by atoms with Crippen LogP contribution in [-0.2, 0) is 4.57 Å². The van der Waals surface area contributed by atoms with Gasteiger partial charge < -0.3 is 15.1 Å². The molecule has 0 atom stereocenters. The summed E-state index contributed by atoms with van der Waals surface area (Å²) in [6, 6.07) is 0. The van der Waals surface area contributed by atoms with Crippen LogP contribution in [0.3, 0.4) is 0 Å². The fourth-order valence-corrected chi connectivity index (χ4v) is 5.02. The number of thiocarbonyl (C=S) groups is 1. The molecule has 0 bridgehead atoms. The smallest absolute Gasteiger partial charge is 0.325 e. The summed E-state index contributed by atoms with van der Waals surface area (Å²) in [4.78, 5) is 17.6. The molecule has 0 unspecified atom stereocenters. The first-order valence-electron chi connectivity index (χ1n) is 13.4. The number of nitrogens with one attached hydrogen (secondary N) is 1. The van der Waals surface area contributed by atoms with Gasteiger partial charge in [-0.15, -0.1) is 12.6 Å². The van der Waals surface area contributed by atoms with Crippen molar-refractivity contribution in [1.82, 2.24) is 5.32 Å². The van der Waals surface area contributed by atoms with Crippen LogP contribution in [0.2, 0.25) is 0 Å². The van der Waals surface area contributed by atoms with Gasteiger partial charge in [-0.1, -0.05) is 141 Å². The average Bonchev–Trinajstić information content (AvgIpc) is 2.72. The van der Waals surface area contributed by atoms with Gasteiger partial charge in [0.05, 0.1) is 0 Å². The van der Waals surface area contributed by atoms with Crippen LogP contribution < -0.4 is 5.32 Å². The molecule has 0 heterocycles. The van der Waals surface area contributed by atoms with Crippen molar-refractivity contribution in [2.75, 3.05) is 12.7 Å². The van der Waals surface area contributed by atoms with Crippen LogP contribution >= 0.6 is 32.4 Å².